The molecule has 0 atom stereocenters. The van der Waals surface area contributed by atoms with Crippen molar-refractivity contribution >= 4 is 17.0 Å². The lowest BCUT2D eigenvalue weighted by Gasteiger charge is -2.38. The van der Waals surface area contributed by atoms with E-state index in [1.807, 2.05) is 0 Å². The molecule has 0 amide bonds. The lowest BCUT2D eigenvalue weighted by atomic mass is 10.0. The van der Waals surface area contributed by atoms with Gasteiger partial charge in [-0.1, -0.05) is 42.5 Å². The second-order valence-corrected chi connectivity index (χ2v) is 7.07. The topological polar surface area (TPSA) is 39.5 Å². The third kappa shape index (κ3) is 2.77. The summed E-state index contributed by atoms with van der Waals surface area (Å²) in [5.41, 5.74) is 3.51. The van der Waals surface area contributed by atoms with E-state index in [9.17, 15) is 0 Å². The molecule has 2 aliphatic rings. The monoisotopic (exact) mass is 349 g/mol. The summed E-state index contributed by atoms with van der Waals surface area (Å²) < 4.78 is 14.1. The predicted octanol–water partition coefficient (Wildman–Crippen LogP) is 3.43. The Bertz CT molecular complexity index is 890. The molecule has 5 nitrogen and oxygen atoms in total. The first-order valence-electron chi connectivity index (χ1n) is 9.35. The Kier molecular flexibility index (Phi) is 3.91. The molecule has 3 aromatic rings. The van der Waals surface area contributed by atoms with Crippen molar-refractivity contribution in [1.82, 2.24) is 9.55 Å². The van der Waals surface area contributed by atoms with Gasteiger partial charge in [-0.15, -0.1) is 0 Å². The smallest absolute Gasteiger partial charge is 0.206 e. The van der Waals surface area contributed by atoms with Crippen LogP contribution in [0.4, 0.5) is 5.95 Å². The highest BCUT2D eigenvalue weighted by atomic mass is 16.7. The maximum atomic E-state index is 5.87. The van der Waals surface area contributed by atoms with Crippen molar-refractivity contribution < 1.29 is 9.47 Å². The lowest BCUT2D eigenvalue weighted by molar-refractivity contribution is -0.169. The first-order chi connectivity index (χ1) is 12.8. The van der Waals surface area contributed by atoms with Crippen molar-refractivity contribution in [2.75, 3.05) is 31.2 Å². The zero-order valence-electron chi connectivity index (χ0n) is 14.8. The number of aromatic nitrogens is 2. The third-order valence-corrected chi connectivity index (χ3v) is 5.44. The van der Waals surface area contributed by atoms with E-state index in [4.69, 9.17) is 14.5 Å². The Balaban J connectivity index is 1.48. The normalized spacial score (nSPS) is 19.5. The molecule has 0 saturated carbocycles. The van der Waals surface area contributed by atoms with E-state index in [0.29, 0.717) is 13.2 Å². The van der Waals surface area contributed by atoms with Gasteiger partial charge >= 0.3 is 0 Å². The van der Waals surface area contributed by atoms with Gasteiger partial charge in [-0.05, 0) is 17.7 Å². The van der Waals surface area contributed by atoms with E-state index in [-0.39, 0.29) is 5.79 Å². The first-order valence-corrected chi connectivity index (χ1v) is 9.35. The average Bonchev–Trinajstić information content (AvgIpc) is 3.29. The fraction of sp³-hybridized carbons (Fsp3) is 0.381. The highest BCUT2D eigenvalue weighted by Gasteiger charge is 2.40. The molecule has 2 aromatic carbocycles. The van der Waals surface area contributed by atoms with Crippen molar-refractivity contribution in [2.24, 2.45) is 0 Å². The molecule has 5 rings (SSSR count). The van der Waals surface area contributed by atoms with Gasteiger partial charge in [-0.3, -0.25) is 0 Å². The maximum Gasteiger partial charge on any atom is 0.206 e. The van der Waals surface area contributed by atoms with Crippen LogP contribution in [-0.2, 0) is 16.0 Å². The summed E-state index contributed by atoms with van der Waals surface area (Å²) in [4.78, 5) is 7.33. The van der Waals surface area contributed by atoms with Crippen molar-refractivity contribution in [1.29, 1.82) is 0 Å². The molecule has 0 unspecified atom stereocenters. The molecule has 5 heteroatoms. The number of imidazole rings is 1. The summed E-state index contributed by atoms with van der Waals surface area (Å²) in [6.07, 6.45) is 1.78. The first kappa shape index (κ1) is 15.9. The summed E-state index contributed by atoms with van der Waals surface area (Å²) in [6, 6.07) is 19.0. The van der Waals surface area contributed by atoms with Gasteiger partial charge in [0.15, 0.2) is 5.79 Å². The Hall–Kier alpha value is -2.37. The molecule has 0 aliphatic carbocycles. The molecule has 2 fully saturated rings. The van der Waals surface area contributed by atoms with Crippen molar-refractivity contribution in [3.8, 4) is 0 Å². The van der Waals surface area contributed by atoms with Crippen LogP contribution in [0.15, 0.2) is 54.6 Å². The number of hydrogen-bond donors (Lipinski definition) is 0. The molecule has 0 radical (unpaired) electrons. The fourth-order valence-corrected chi connectivity index (χ4v) is 4.06. The van der Waals surface area contributed by atoms with Crippen LogP contribution in [0.5, 0.6) is 0 Å². The van der Waals surface area contributed by atoms with Gasteiger partial charge in [0.05, 0.1) is 30.8 Å². The molecular formula is C21H23N3O2. The summed E-state index contributed by atoms with van der Waals surface area (Å²) in [7, 11) is 0. The Morgan fingerprint density at radius 1 is 0.885 bits per heavy atom. The quantitative estimate of drug-likeness (QED) is 0.726. The molecule has 26 heavy (non-hydrogen) atoms. The highest BCUT2D eigenvalue weighted by molar-refractivity contribution is 5.79. The Labute approximate surface area is 153 Å². The Morgan fingerprint density at radius 3 is 2.35 bits per heavy atom. The molecule has 2 aliphatic heterocycles. The molecule has 1 spiro atoms. The Morgan fingerprint density at radius 2 is 1.58 bits per heavy atom. The number of anilines is 1. The average molecular weight is 349 g/mol. The van der Waals surface area contributed by atoms with Crippen LogP contribution in [0.1, 0.15) is 18.4 Å². The molecule has 0 N–H and O–H groups in total. The highest BCUT2D eigenvalue weighted by Crippen LogP contribution is 2.34. The van der Waals surface area contributed by atoms with Crippen LogP contribution in [-0.4, -0.2) is 41.6 Å². The van der Waals surface area contributed by atoms with Crippen LogP contribution in [0.2, 0.25) is 0 Å². The summed E-state index contributed by atoms with van der Waals surface area (Å²) in [6.45, 7) is 4.06. The minimum absolute atomic E-state index is 0.354. The zero-order valence-corrected chi connectivity index (χ0v) is 14.8. The molecule has 3 heterocycles. The largest absolute Gasteiger partial charge is 0.347 e. The van der Waals surface area contributed by atoms with Gasteiger partial charge in [0.2, 0.25) is 5.95 Å². The number of rotatable bonds is 3. The van der Waals surface area contributed by atoms with E-state index in [2.05, 4.69) is 64.1 Å². The van der Waals surface area contributed by atoms with Gasteiger partial charge in [0, 0.05) is 25.9 Å². The van der Waals surface area contributed by atoms with Crippen molar-refractivity contribution in [2.45, 2.75) is 25.2 Å². The second-order valence-electron chi connectivity index (χ2n) is 7.07. The number of fused-ring (bicyclic) bond motifs is 1. The van der Waals surface area contributed by atoms with E-state index >= 15 is 0 Å². The van der Waals surface area contributed by atoms with Crippen LogP contribution < -0.4 is 4.90 Å². The standard InChI is InChI=1S/C21H23N3O2/c1-2-6-17(7-3-1)16-24-19-9-5-4-8-18(19)22-20(24)23-12-10-21(11-13-23)25-14-15-26-21/h1-9H,10-16H2. The number of ether oxygens (including phenoxy) is 2. The minimum atomic E-state index is -0.354. The number of nitrogens with zero attached hydrogens (tertiary/aromatic N) is 3. The molecular weight excluding hydrogens is 326 g/mol. The van der Waals surface area contributed by atoms with Gasteiger partial charge in [0.1, 0.15) is 0 Å². The van der Waals surface area contributed by atoms with Crippen LogP contribution >= 0.6 is 0 Å². The molecule has 1 aromatic heterocycles. The molecule has 2 saturated heterocycles. The van der Waals surface area contributed by atoms with Crippen molar-refractivity contribution in [3.05, 3.63) is 60.2 Å². The van der Waals surface area contributed by atoms with E-state index < -0.39 is 0 Å². The second kappa shape index (κ2) is 6.41. The zero-order chi connectivity index (χ0) is 17.4. The number of piperidine rings is 1. The summed E-state index contributed by atoms with van der Waals surface area (Å²) >= 11 is 0. The van der Waals surface area contributed by atoms with E-state index in [1.165, 1.54) is 11.1 Å². The van der Waals surface area contributed by atoms with Crippen LogP contribution in [0, 0.1) is 0 Å². The van der Waals surface area contributed by atoms with Gasteiger partial charge in [0.25, 0.3) is 0 Å². The maximum absolute atomic E-state index is 5.87. The number of hydrogen-bond acceptors (Lipinski definition) is 4. The predicted molar refractivity (Wildman–Crippen MR) is 101 cm³/mol. The molecule has 134 valence electrons. The summed E-state index contributed by atoms with van der Waals surface area (Å²) in [5.74, 6) is 0.690. The van der Waals surface area contributed by atoms with Gasteiger partial charge < -0.3 is 18.9 Å². The lowest BCUT2D eigenvalue weighted by Crippen LogP contribution is -2.46. The van der Waals surface area contributed by atoms with E-state index in [0.717, 1.165) is 43.9 Å². The summed E-state index contributed by atoms with van der Waals surface area (Å²) in [5, 5.41) is 0. The SMILES string of the molecule is c1ccc(Cn2c(N3CCC4(CC3)OCCO4)nc3ccccc32)cc1. The van der Waals surface area contributed by atoms with E-state index in [1.54, 1.807) is 0 Å². The van der Waals surface area contributed by atoms with Crippen molar-refractivity contribution in [3.63, 3.8) is 0 Å². The number of para-hydroxylation sites is 2. The van der Waals surface area contributed by atoms with Crippen LogP contribution in [0.25, 0.3) is 11.0 Å². The minimum Gasteiger partial charge on any atom is -0.347 e. The van der Waals surface area contributed by atoms with Gasteiger partial charge in [-0.25, -0.2) is 4.98 Å². The van der Waals surface area contributed by atoms with Gasteiger partial charge in [-0.2, -0.15) is 0 Å². The van der Waals surface area contributed by atoms with Crippen LogP contribution in [0.3, 0.4) is 0 Å². The molecule has 0 bridgehead atoms. The number of benzene rings is 2. The fourth-order valence-electron chi connectivity index (χ4n) is 4.06. The third-order valence-electron chi connectivity index (χ3n) is 5.44.